The number of furan rings is 1. The molecular weight excluding hydrogens is 344 g/mol. The molecule has 0 spiro atoms. The second kappa shape index (κ2) is 8.05. The molecule has 0 radical (unpaired) electrons. The van der Waals surface area contributed by atoms with E-state index in [2.05, 4.69) is 17.1 Å². The van der Waals surface area contributed by atoms with E-state index in [4.69, 9.17) is 13.9 Å². The van der Waals surface area contributed by atoms with Crippen molar-refractivity contribution in [3.63, 3.8) is 0 Å². The van der Waals surface area contributed by atoms with Gasteiger partial charge in [-0.1, -0.05) is 19.1 Å². The van der Waals surface area contributed by atoms with Crippen LogP contribution in [0.15, 0.2) is 34.7 Å². The summed E-state index contributed by atoms with van der Waals surface area (Å²) >= 11 is 0. The topological polar surface area (TPSA) is 63.9 Å². The molecule has 2 aromatic rings. The Kier molecular flexibility index (Phi) is 5.34. The van der Waals surface area contributed by atoms with Gasteiger partial charge in [0.15, 0.2) is 17.3 Å². The Hall–Kier alpha value is -2.47. The first-order chi connectivity index (χ1) is 13.2. The van der Waals surface area contributed by atoms with Crippen molar-refractivity contribution in [2.45, 2.75) is 38.8 Å². The van der Waals surface area contributed by atoms with Crippen molar-refractivity contribution in [3.05, 3.63) is 47.4 Å². The Morgan fingerprint density at radius 1 is 1.22 bits per heavy atom. The minimum Gasteiger partial charge on any atom is -0.486 e. The normalized spacial score (nSPS) is 19.2. The van der Waals surface area contributed by atoms with Crippen LogP contribution in [0.2, 0.25) is 0 Å². The van der Waals surface area contributed by atoms with Gasteiger partial charge >= 0.3 is 0 Å². The number of benzene rings is 1. The third-order valence-corrected chi connectivity index (χ3v) is 5.09. The molecule has 0 saturated carbocycles. The van der Waals surface area contributed by atoms with Crippen LogP contribution in [-0.2, 0) is 13.0 Å². The number of nitrogens with zero attached hydrogens (tertiary/aromatic N) is 1. The van der Waals surface area contributed by atoms with E-state index in [0.29, 0.717) is 24.7 Å². The first-order valence-corrected chi connectivity index (χ1v) is 9.73. The number of rotatable bonds is 6. The lowest BCUT2D eigenvalue weighted by atomic mass is 10.2. The molecule has 1 aromatic heterocycles. The smallest absolute Gasteiger partial charge is 0.287 e. The van der Waals surface area contributed by atoms with Gasteiger partial charge in [0.25, 0.3) is 5.91 Å². The van der Waals surface area contributed by atoms with E-state index in [-0.39, 0.29) is 12.0 Å². The van der Waals surface area contributed by atoms with Gasteiger partial charge in [-0.25, -0.2) is 0 Å². The fraction of sp³-hybridized carbons (Fsp3) is 0.476. The number of fused-ring (bicyclic) bond motifs is 1. The summed E-state index contributed by atoms with van der Waals surface area (Å²) in [4.78, 5) is 14.9. The molecule has 2 aliphatic heterocycles. The Labute approximate surface area is 159 Å². The van der Waals surface area contributed by atoms with Crippen LogP contribution in [0.25, 0.3) is 0 Å². The van der Waals surface area contributed by atoms with Crippen LogP contribution in [0.3, 0.4) is 0 Å². The van der Waals surface area contributed by atoms with Crippen LogP contribution in [0.4, 0.5) is 0 Å². The average molecular weight is 370 g/mol. The summed E-state index contributed by atoms with van der Waals surface area (Å²) in [7, 11) is 0. The van der Waals surface area contributed by atoms with Crippen LogP contribution in [-0.4, -0.2) is 43.2 Å². The van der Waals surface area contributed by atoms with Crippen LogP contribution >= 0.6 is 0 Å². The number of para-hydroxylation sites is 2. The van der Waals surface area contributed by atoms with Gasteiger partial charge in [-0.3, -0.25) is 9.69 Å². The highest BCUT2D eigenvalue weighted by Crippen LogP contribution is 2.30. The number of carbonyl (C=O) groups excluding carboxylic acids is 1. The summed E-state index contributed by atoms with van der Waals surface area (Å²) in [6.07, 6.45) is 3.07. The molecule has 1 atom stereocenters. The Bertz CT molecular complexity index is 795. The van der Waals surface area contributed by atoms with E-state index < -0.39 is 0 Å². The molecule has 1 saturated heterocycles. The zero-order chi connectivity index (χ0) is 18.6. The molecule has 0 unspecified atom stereocenters. The van der Waals surface area contributed by atoms with Gasteiger partial charge in [-0.05, 0) is 44.1 Å². The maximum atomic E-state index is 12.5. The lowest BCUT2D eigenvalue weighted by Crippen LogP contribution is -2.40. The Morgan fingerprint density at radius 3 is 2.78 bits per heavy atom. The largest absolute Gasteiger partial charge is 0.486 e. The van der Waals surface area contributed by atoms with Gasteiger partial charge in [0.1, 0.15) is 18.5 Å². The zero-order valence-corrected chi connectivity index (χ0v) is 15.7. The summed E-state index contributed by atoms with van der Waals surface area (Å²) in [5.74, 6) is 2.52. The third kappa shape index (κ3) is 4.11. The Morgan fingerprint density at radius 2 is 2.00 bits per heavy atom. The third-order valence-electron chi connectivity index (χ3n) is 5.09. The standard InChI is InChI=1S/C21H26N2O4/c1-2-17-15(13-23-9-5-6-10-23)11-20(27-17)21(24)22-12-16-14-25-18-7-3-4-8-19(18)26-16/h3-4,7-8,11,16H,2,5-6,9-10,12-14H2,1H3,(H,22,24)/t16-/m0/s1. The maximum absolute atomic E-state index is 12.5. The van der Waals surface area contributed by atoms with Crippen molar-refractivity contribution in [1.29, 1.82) is 0 Å². The van der Waals surface area contributed by atoms with Crippen LogP contribution in [0.5, 0.6) is 11.5 Å². The molecule has 3 heterocycles. The van der Waals surface area contributed by atoms with E-state index in [1.807, 2.05) is 30.3 Å². The van der Waals surface area contributed by atoms with E-state index >= 15 is 0 Å². The first-order valence-electron chi connectivity index (χ1n) is 9.73. The summed E-state index contributed by atoms with van der Waals surface area (Å²) < 4.78 is 17.4. The van der Waals surface area contributed by atoms with E-state index in [1.54, 1.807) is 0 Å². The van der Waals surface area contributed by atoms with Crippen molar-refractivity contribution in [2.24, 2.45) is 0 Å². The Balaban J connectivity index is 1.35. The van der Waals surface area contributed by atoms with Gasteiger partial charge in [-0.2, -0.15) is 0 Å². The molecular formula is C21H26N2O4. The van der Waals surface area contributed by atoms with Gasteiger partial charge in [0.2, 0.25) is 0 Å². The van der Waals surface area contributed by atoms with Crippen molar-refractivity contribution in [1.82, 2.24) is 10.2 Å². The van der Waals surface area contributed by atoms with E-state index in [0.717, 1.165) is 43.1 Å². The number of hydrogen-bond donors (Lipinski definition) is 1. The monoisotopic (exact) mass is 370 g/mol. The minimum absolute atomic E-state index is 0.208. The first kappa shape index (κ1) is 17.9. The van der Waals surface area contributed by atoms with E-state index in [9.17, 15) is 4.79 Å². The van der Waals surface area contributed by atoms with Crippen molar-refractivity contribution in [3.8, 4) is 11.5 Å². The van der Waals surface area contributed by atoms with Crippen molar-refractivity contribution in [2.75, 3.05) is 26.2 Å². The highest BCUT2D eigenvalue weighted by Gasteiger charge is 2.23. The maximum Gasteiger partial charge on any atom is 0.287 e. The van der Waals surface area contributed by atoms with Crippen molar-refractivity contribution >= 4 is 5.91 Å². The molecule has 1 amide bonds. The molecule has 0 bridgehead atoms. The summed E-state index contributed by atoms with van der Waals surface area (Å²) in [6, 6.07) is 9.45. The molecule has 1 fully saturated rings. The molecule has 2 aliphatic rings. The number of nitrogens with one attached hydrogen (secondary N) is 1. The summed E-state index contributed by atoms with van der Waals surface area (Å²) in [5, 5.41) is 2.91. The number of hydrogen-bond acceptors (Lipinski definition) is 5. The molecule has 1 aromatic carbocycles. The summed E-state index contributed by atoms with van der Waals surface area (Å²) in [5.41, 5.74) is 1.12. The van der Waals surface area contributed by atoms with Crippen LogP contribution < -0.4 is 14.8 Å². The molecule has 0 aliphatic carbocycles. The van der Waals surface area contributed by atoms with Crippen LogP contribution in [0.1, 0.15) is 41.6 Å². The number of ether oxygens (including phenoxy) is 2. The second-order valence-corrected chi connectivity index (χ2v) is 7.10. The average Bonchev–Trinajstić information content (AvgIpc) is 3.36. The number of aryl methyl sites for hydroxylation is 1. The van der Waals surface area contributed by atoms with Gasteiger partial charge in [-0.15, -0.1) is 0 Å². The highest BCUT2D eigenvalue weighted by atomic mass is 16.6. The molecule has 6 heteroatoms. The quantitative estimate of drug-likeness (QED) is 0.847. The molecule has 1 N–H and O–H groups in total. The fourth-order valence-corrected chi connectivity index (χ4v) is 3.65. The van der Waals surface area contributed by atoms with Gasteiger partial charge in [0, 0.05) is 18.5 Å². The molecule has 6 nitrogen and oxygen atoms in total. The molecule has 27 heavy (non-hydrogen) atoms. The van der Waals surface area contributed by atoms with Gasteiger partial charge < -0.3 is 19.2 Å². The predicted molar refractivity (Wildman–Crippen MR) is 101 cm³/mol. The van der Waals surface area contributed by atoms with Crippen molar-refractivity contribution < 1.29 is 18.7 Å². The highest BCUT2D eigenvalue weighted by molar-refractivity contribution is 5.91. The van der Waals surface area contributed by atoms with Gasteiger partial charge in [0.05, 0.1) is 6.54 Å². The van der Waals surface area contributed by atoms with Crippen LogP contribution in [0, 0.1) is 0 Å². The zero-order valence-electron chi connectivity index (χ0n) is 15.7. The lowest BCUT2D eigenvalue weighted by molar-refractivity contribution is 0.0772. The number of amides is 1. The SMILES string of the molecule is CCc1oc(C(=O)NC[C@H]2COc3ccccc3O2)cc1CN1CCCC1. The molecule has 4 rings (SSSR count). The minimum atomic E-state index is -0.214. The second-order valence-electron chi connectivity index (χ2n) is 7.10. The summed E-state index contributed by atoms with van der Waals surface area (Å²) in [6.45, 7) is 5.94. The predicted octanol–water partition coefficient (Wildman–Crippen LogP) is 3.01. The lowest BCUT2D eigenvalue weighted by Gasteiger charge is -2.26. The van der Waals surface area contributed by atoms with E-state index in [1.165, 1.54) is 12.8 Å². The molecule has 144 valence electrons. The fourth-order valence-electron chi connectivity index (χ4n) is 3.65. The number of likely N-dealkylation sites (tertiary alicyclic amines) is 1. The number of carbonyl (C=O) groups is 1.